The quantitative estimate of drug-likeness (QED) is 0.646. The average Bonchev–Trinajstić information content (AvgIpc) is 2.52. The maximum atomic E-state index is 12.9. The fourth-order valence-corrected chi connectivity index (χ4v) is 4.33. The van der Waals surface area contributed by atoms with Crippen molar-refractivity contribution in [1.29, 1.82) is 0 Å². The normalized spacial score (nSPS) is 12.8. The van der Waals surface area contributed by atoms with Crippen molar-refractivity contribution >= 4 is 10.0 Å². The summed E-state index contributed by atoms with van der Waals surface area (Å²) in [5.41, 5.74) is -0.0639. The Hall–Kier alpha value is -1.11. The predicted octanol–water partition coefficient (Wildman–Crippen LogP) is 3.07. The zero-order valence-electron chi connectivity index (χ0n) is 15.9. The van der Waals surface area contributed by atoms with E-state index in [0.717, 1.165) is 19.4 Å². The van der Waals surface area contributed by atoms with E-state index in [9.17, 15) is 8.42 Å². The minimum absolute atomic E-state index is 0.0639. The summed E-state index contributed by atoms with van der Waals surface area (Å²) in [6.07, 6.45) is 2.04. The third-order valence-electron chi connectivity index (χ3n) is 4.11. The van der Waals surface area contributed by atoms with Gasteiger partial charge < -0.3 is 9.64 Å². The second-order valence-electron chi connectivity index (χ2n) is 7.18. The average molecular weight is 357 g/mol. The van der Waals surface area contributed by atoms with Crippen LogP contribution in [-0.2, 0) is 10.0 Å². The molecule has 0 unspecified atom stereocenters. The highest BCUT2D eigenvalue weighted by Crippen LogP contribution is 2.27. The van der Waals surface area contributed by atoms with Crippen molar-refractivity contribution in [3.8, 4) is 5.75 Å². The van der Waals surface area contributed by atoms with Crippen LogP contribution in [0.4, 0.5) is 0 Å². The zero-order valence-corrected chi connectivity index (χ0v) is 16.7. The van der Waals surface area contributed by atoms with Gasteiger partial charge in [-0.25, -0.2) is 8.42 Å². The Kier molecular flexibility index (Phi) is 7.70. The van der Waals surface area contributed by atoms with E-state index in [2.05, 4.69) is 32.8 Å². The van der Waals surface area contributed by atoms with Crippen molar-refractivity contribution < 1.29 is 13.2 Å². The summed E-state index contributed by atoms with van der Waals surface area (Å²) in [7, 11) is 2.19. The van der Waals surface area contributed by atoms with Gasteiger partial charge in [0.2, 0.25) is 10.0 Å². The maximum absolute atomic E-state index is 12.9. The van der Waals surface area contributed by atoms with Gasteiger partial charge >= 0.3 is 0 Å². The van der Waals surface area contributed by atoms with E-state index in [0.29, 0.717) is 23.7 Å². The summed E-state index contributed by atoms with van der Waals surface area (Å²) >= 11 is 0. The third kappa shape index (κ3) is 6.07. The van der Waals surface area contributed by atoms with Crippen LogP contribution in [0, 0.1) is 5.41 Å². The lowest BCUT2D eigenvalue weighted by molar-refractivity contribution is 0.233. The van der Waals surface area contributed by atoms with Gasteiger partial charge in [0, 0.05) is 13.1 Å². The van der Waals surface area contributed by atoms with E-state index in [1.54, 1.807) is 35.7 Å². The van der Waals surface area contributed by atoms with Gasteiger partial charge in [0.25, 0.3) is 0 Å². The van der Waals surface area contributed by atoms with Gasteiger partial charge in [-0.3, -0.25) is 0 Å². The SMILES string of the molecule is CCN(CC(C)(C)CCCN(C)C)S(=O)(=O)c1ccc(OC)cc1. The summed E-state index contributed by atoms with van der Waals surface area (Å²) in [5.74, 6) is 0.654. The monoisotopic (exact) mass is 356 g/mol. The molecule has 0 saturated heterocycles. The molecule has 138 valence electrons. The molecule has 0 saturated carbocycles. The highest BCUT2D eigenvalue weighted by molar-refractivity contribution is 7.89. The summed E-state index contributed by atoms with van der Waals surface area (Å²) < 4.78 is 32.5. The molecule has 0 spiro atoms. The second-order valence-corrected chi connectivity index (χ2v) is 9.12. The first-order valence-corrected chi connectivity index (χ1v) is 9.85. The van der Waals surface area contributed by atoms with Crippen LogP contribution in [0.5, 0.6) is 5.75 Å². The van der Waals surface area contributed by atoms with Crippen LogP contribution in [0.15, 0.2) is 29.2 Å². The van der Waals surface area contributed by atoms with Crippen molar-refractivity contribution in [3.05, 3.63) is 24.3 Å². The van der Waals surface area contributed by atoms with E-state index in [-0.39, 0.29) is 5.41 Å². The number of rotatable bonds is 10. The molecule has 0 aliphatic carbocycles. The molecule has 6 heteroatoms. The molecule has 0 atom stereocenters. The van der Waals surface area contributed by atoms with Crippen LogP contribution in [0.25, 0.3) is 0 Å². The number of benzene rings is 1. The molecular formula is C18H32N2O3S. The first-order chi connectivity index (χ1) is 11.1. The highest BCUT2D eigenvalue weighted by atomic mass is 32.2. The van der Waals surface area contributed by atoms with Crippen molar-refractivity contribution in [3.63, 3.8) is 0 Å². The second kappa shape index (κ2) is 8.83. The Labute approximate surface area is 147 Å². The number of methoxy groups -OCH3 is 1. The molecule has 1 aromatic rings. The first-order valence-electron chi connectivity index (χ1n) is 8.41. The molecule has 0 amide bonds. The van der Waals surface area contributed by atoms with Crippen molar-refractivity contribution in [1.82, 2.24) is 9.21 Å². The molecule has 5 nitrogen and oxygen atoms in total. The van der Waals surface area contributed by atoms with Gasteiger partial charge in [-0.05, 0) is 63.2 Å². The summed E-state index contributed by atoms with van der Waals surface area (Å²) in [6.45, 7) is 8.15. The molecule has 0 heterocycles. The first kappa shape index (κ1) is 20.9. The van der Waals surface area contributed by atoms with Gasteiger partial charge in [-0.2, -0.15) is 4.31 Å². The lowest BCUT2D eigenvalue weighted by atomic mass is 9.87. The Morgan fingerprint density at radius 3 is 2.17 bits per heavy atom. The van der Waals surface area contributed by atoms with Gasteiger partial charge in [-0.1, -0.05) is 20.8 Å². The largest absolute Gasteiger partial charge is 0.497 e. The highest BCUT2D eigenvalue weighted by Gasteiger charge is 2.29. The van der Waals surface area contributed by atoms with Crippen LogP contribution in [0.3, 0.4) is 0 Å². The maximum Gasteiger partial charge on any atom is 0.243 e. The van der Waals surface area contributed by atoms with Gasteiger partial charge in [0.15, 0.2) is 0 Å². The van der Waals surface area contributed by atoms with E-state index in [4.69, 9.17) is 4.74 Å². The number of hydrogen-bond acceptors (Lipinski definition) is 4. The molecular weight excluding hydrogens is 324 g/mol. The Balaban J connectivity index is 2.85. The number of hydrogen-bond donors (Lipinski definition) is 0. The fourth-order valence-electron chi connectivity index (χ4n) is 2.69. The fraction of sp³-hybridized carbons (Fsp3) is 0.667. The number of nitrogens with zero attached hydrogens (tertiary/aromatic N) is 2. The van der Waals surface area contributed by atoms with E-state index < -0.39 is 10.0 Å². The molecule has 0 radical (unpaired) electrons. The van der Waals surface area contributed by atoms with Gasteiger partial charge in [0.05, 0.1) is 12.0 Å². The smallest absolute Gasteiger partial charge is 0.243 e. The van der Waals surface area contributed by atoms with Crippen LogP contribution in [0.1, 0.15) is 33.6 Å². The van der Waals surface area contributed by atoms with Crippen molar-refractivity contribution in [2.75, 3.05) is 40.8 Å². The molecule has 0 aliphatic rings. The molecule has 24 heavy (non-hydrogen) atoms. The molecule has 0 N–H and O–H groups in total. The summed E-state index contributed by atoms with van der Waals surface area (Å²) in [6, 6.07) is 6.58. The standard InChI is InChI=1S/C18H32N2O3S/c1-7-20(15-18(2,3)13-8-14-19(4)5)24(21,22)17-11-9-16(23-6)10-12-17/h9-12H,7-8,13-15H2,1-6H3. The van der Waals surface area contributed by atoms with Gasteiger partial charge in [-0.15, -0.1) is 0 Å². The zero-order chi connectivity index (χ0) is 18.4. The summed E-state index contributed by atoms with van der Waals surface area (Å²) in [4.78, 5) is 2.47. The minimum Gasteiger partial charge on any atom is -0.497 e. The lowest BCUT2D eigenvalue weighted by Gasteiger charge is -2.32. The molecule has 0 bridgehead atoms. The Morgan fingerprint density at radius 2 is 1.71 bits per heavy atom. The van der Waals surface area contributed by atoms with Crippen LogP contribution in [-0.4, -0.2) is 58.5 Å². The van der Waals surface area contributed by atoms with Crippen LogP contribution < -0.4 is 4.74 Å². The minimum atomic E-state index is -3.48. The molecule has 0 fully saturated rings. The van der Waals surface area contributed by atoms with Crippen molar-refractivity contribution in [2.24, 2.45) is 5.41 Å². The number of ether oxygens (including phenoxy) is 1. The Bertz CT molecular complexity index is 595. The molecule has 1 rings (SSSR count). The van der Waals surface area contributed by atoms with Gasteiger partial charge in [0.1, 0.15) is 5.75 Å². The molecule has 0 aromatic heterocycles. The van der Waals surface area contributed by atoms with Crippen molar-refractivity contribution in [2.45, 2.75) is 38.5 Å². The Morgan fingerprint density at radius 1 is 1.12 bits per heavy atom. The van der Waals surface area contributed by atoms with Crippen LogP contribution >= 0.6 is 0 Å². The van der Waals surface area contributed by atoms with E-state index in [1.807, 2.05) is 6.92 Å². The topological polar surface area (TPSA) is 49.9 Å². The number of sulfonamides is 1. The molecule has 1 aromatic carbocycles. The predicted molar refractivity (Wildman–Crippen MR) is 99.0 cm³/mol. The third-order valence-corrected chi connectivity index (χ3v) is 6.05. The van der Waals surface area contributed by atoms with E-state index in [1.165, 1.54) is 0 Å². The van der Waals surface area contributed by atoms with Crippen LogP contribution in [0.2, 0.25) is 0 Å². The summed E-state index contributed by atoms with van der Waals surface area (Å²) in [5, 5.41) is 0. The molecule has 0 aliphatic heterocycles. The van der Waals surface area contributed by atoms with E-state index >= 15 is 0 Å². The lowest BCUT2D eigenvalue weighted by Crippen LogP contribution is -2.39.